The highest BCUT2D eigenvalue weighted by Crippen LogP contribution is 2.56. The van der Waals surface area contributed by atoms with Gasteiger partial charge in [0.1, 0.15) is 17.8 Å². The van der Waals surface area contributed by atoms with Crippen LogP contribution in [0, 0.1) is 28.6 Å². The minimum atomic E-state index is -1.07. The molecule has 0 aromatic rings. The van der Waals surface area contributed by atoms with Crippen molar-refractivity contribution in [2.45, 2.75) is 97.4 Å². The molecule has 4 rings (SSSR count). The molecule has 29 heavy (non-hydrogen) atoms. The average Bonchev–Trinajstić information content (AvgIpc) is 3.40. The molecule has 6 nitrogen and oxygen atoms in total. The van der Waals surface area contributed by atoms with Gasteiger partial charge in [-0.25, -0.2) is 0 Å². The fourth-order valence-electron chi connectivity index (χ4n) is 5.72. The van der Waals surface area contributed by atoms with Crippen LogP contribution >= 0.6 is 0 Å². The van der Waals surface area contributed by atoms with Crippen molar-refractivity contribution in [2.75, 3.05) is 0 Å². The summed E-state index contributed by atoms with van der Waals surface area (Å²) < 4.78 is 17.4. The van der Waals surface area contributed by atoms with E-state index in [0.717, 1.165) is 44.9 Å². The third-order valence-corrected chi connectivity index (χ3v) is 8.71. The molecule has 2 bridgehead atoms. The topological polar surface area (TPSA) is 78.9 Å². The molecule has 4 aliphatic rings. The standard InChI is InChI=1S/C23H34O6/c1-6-23(9-7-8-10-23)29-20(26)22(4,5)21(2,3)19(25)28-16-13-11-14-15(12-13)18(24)27-17(14)16/h13-17H,6-12H2,1-5H3. The van der Waals surface area contributed by atoms with Crippen LogP contribution in [0.15, 0.2) is 0 Å². The zero-order chi connectivity index (χ0) is 21.2. The number of hydrogen-bond donors (Lipinski definition) is 0. The van der Waals surface area contributed by atoms with E-state index < -0.39 is 28.5 Å². The molecule has 1 aliphatic heterocycles. The second-order valence-corrected chi connectivity index (χ2v) is 10.7. The molecule has 162 valence electrons. The first-order valence-electron chi connectivity index (χ1n) is 11.2. The second-order valence-electron chi connectivity index (χ2n) is 10.7. The van der Waals surface area contributed by atoms with E-state index in [0.29, 0.717) is 0 Å². The Morgan fingerprint density at radius 1 is 1.07 bits per heavy atom. The molecule has 0 radical (unpaired) electrons. The van der Waals surface area contributed by atoms with Gasteiger partial charge >= 0.3 is 17.9 Å². The Morgan fingerprint density at radius 3 is 2.31 bits per heavy atom. The largest absolute Gasteiger partial charge is 0.459 e. The SMILES string of the molecule is CCC1(OC(=O)C(C)(C)C(C)(C)C(=O)OC2C3CC4C(=O)OC2C4C3)CCCC1. The van der Waals surface area contributed by atoms with Crippen molar-refractivity contribution in [2.24, 2.45) is 28.6 Å². The van der Waals surface area contributed by atoms with Crippen molar-refractivity contribution in [1.82, 2.24) is 0 Å². The van der Waals surface area contributed by atoms with Gasteiger partial charge in [-0.2, -0.15) is 0 Å². The number of carbonyl (C=O) groups excluding carboxylic acids is 3. The summed E-state index contributed by atoms with van der Waals surface area (Å²) in [7, 11) is 0. The van der Waals surface area contributed by atoms with Crippen LogP contribution in [0.1, 0.15) is 79.6 Å². The molecular formula is C23H34O6. The first-order chi connectivity index (χ1) is 13.5. The van der Waals surface area contributed by atoms with E-state index in [-0.39, 0.29) is 35.8 Å². The molecule has 0 spiro atoms. The Morgan fingerprint density at radius 2 is 1.69 bits per heavy atom. The molecule has 5 unspecified atom stereocenters. The summed E-state index contributed by atoms with van der Waals surface area (Å²) in [5, 5.41) is 0. The lowest BCUT2D eigenvalue weighted by Crippen LogP contribution is -2.50. The summed E-state index contributed by atoms with van der Waals surface area (Å²) in [6.45, 7) is 9.08. The fourth-order valence-corrected chi connectivity index (χ4v) is 5.72. The van der Waals surface area contributed by atoms with Crippen molar-refractivity contribution in [1.29, 1.82) is 0 Å². The van der Waals surface area contributed by atoms with E-state index in [1.165, 1.54) is 0 Å². The molecular weight excluding hydrogens is 372 g/mol. The zero-order valence-electron chi connectivity index (χ0n) is 18.3. The summed E-state index contributed by atoms with van der Waals surface area (Å²) in [5.41, 5.74) is -2.51. The van der Waals surface area contributed by atoms with Gasteiger partial charge < -0.3 is 14.2 Å². The molecule has 5 atom stereocenters. The van der Waals surface area contributed by atoms with Crippen LogP contribution in [0.5, 0.6) is 0 Å². The van der Waals surface area contributed by atoms with Crippen LogP contribution < -0.4 is 0 Å². The van der Waals surface area contributed by atoms with Crippen molar-refractivity contribution in [3.63, 3.8) is 0 Å². The highest BCUT2D eigenvalue weighted by Gasteiger charge is 2.64. The maximum Gasteiger partial charge on any atom is 0.313 e. The maximum absolute atomic E-state index is 13.2. The Bertz CT molecular complexity index is 717. The molecule has 0 aromatic carbocycles. The molecule has 3 saturated carbocycles. The van der Waals surface area contributed by atoms with Crippen molar-refractivity contribution < 1.29 is 28.6 Å². The van der Waals surface area contributed by atoms with Crippen LogP contribution in [-0.4, -0.2) is 35.7 Å². The third kappa shape index (κ3) is 3.00. The van der Waals surface area contributed by atoms with E-state index in [1.54, 1.807) is 27.7 Å². The highest BCUT2D eigenvalue weighted by molar-refractivity contribution is 5.87. The minimum Gasteiger partial charge on any atom is -0.459 e. The van der Waals surface area contributed by atoms with Crippen LogP contribution in [0.3, 0.4) is 0 Å². The normalized spacial score (nSPS) is 34.9. The van der Waals surface area contributed by atoms with Crippen LogP contribution in [0.25, 0.3) is 0 Å². The smallest absolute Gasteiger partial charge is 0.313 e. The molecule has 0 amide bonds. The van der Waals surface area contributed by atoms with Gasteiger partial charge in [-0.1, -0.05) is 6.92 Å². The predicted octanol–water partition coefficient (Wildman–Crippen LogP) is 3.80. The summed E-state index contributed by atoms with van der Waals surface area (Å²) in [6.07, 6.45) is 5.61. The van der Waals surface area contributed by atoms with Gasteiger partial charge in [0.25, 0.3) is 0 Å². The lowest BCUT2D eigenvalue weighted by atomic mass is 9.67. The van der Waals surface area contributed by atoms with Gasteiger partial charge in [0.2, 0.25) is 0 Å². The zero-order valence-corrected chi connectivity index (χ0v) is 18.3. The molecule has 1 heterocycles. The van der Waals surface area contributed by atoms with Gasteiger partial charge in [0.15, 0.2) is 0 Å². The molecule has 6 heteroatoms. The fraction of sp³-hybridized carbons (Fsp3) is 0.870. The van der Waals surface area contributed by atoms with Gasteiger partial charge in [-0.05, 0) is 72.6 Å². The predicted molar refractivity (Wildman–Crippen MR) is 105 cm³/mol. The number of hydrogen-bond acceptors (Lipinski definition) is 6. The van der Waals surface area contributed by atoms with Crippen molar-refractivity contribution >= 4 is 17.9 Å². The minimum absolute atomic E-state index is 0.0176. The summed E-state index contributed by atoms with van der Waals surface area (Å²) >= 11 is 0. The maximum atomic E-state index is 13.2. The number of fused-ring (bicyclic) bond motifs is 1. The van der Waals surface area contributed by atoms with E-state index in [1.807, 2.05) is 0 Å². The molecule has 3 aliphatic carbocycles. The van der Waals surface area contributed by atoms with Crippen molar-refractivity contribution in [3.8, 4) is 0 Å². The van der Waals surface area contributed by atoms with E-state index >= 15 is 0 Å². The third-order valence-electron chi connectivity index (χ3n) is 8.71. The highest BCUT2D eigenvalue weighted by atomic mass is 16.6. The quantitative estimate of drug-likeness (QED) is 0.493. The van der Waals surface area contributed by atoms with E-state index in [2.05, 4.69) is 6.92 Å². The Balaban J connectivity index is 1.46. The number of carbonyl (C=O) groups is 3. The summed E-state index contributed by atoms with van der Waals surface area (Å²) in [5.74, 6) is -0.574. The van der Waals surface area contributed by atoms with Crippen LogP contribution in [0.2, 0.25) is 0 Å². The van der Waals surface area contributed by atoms with E-state index in [4.69, 9.17) is 14.2 Å². The summed E-state index contributed by atoms with van der Waals surface area (Å²) in [4.78, 5) is 38.4. The van der Waals surface area contributed by atoms with Gasteiger partial charge in [0.05, 0.1) is 16.7 Å². The number of rotatable bonds is 6. The van der Waals surface area contributed by atoms with Gasteiger partial charge in [0, 0.05) is 11.8 Å². The van der Waals surface area contributed by atoms with Gasteiger partial charge in [-0.3, -0.25) is 14.4 Å². The summed E-state index contributed by atoms with van der Waals surface area (Å²) in [6, 6.07) is 0. The Labute approximate surface area is 173 Å². The molecule has 0 aromatic heterocycles. The van der Waals surface area contributed by atoms with Crippen molar-refractivity contribution in [3.05, 3.63) is 0 Å². The second kappa shape index (κ2) is 6.71. The molecule has 1 saturated heterocycles. The van der Waals surface area contributed by atoms with Crippen LogP contribution in [0.4, 0.5) is 0 Å². The Kier molecular flexibility index (Phi) is 4.78. The first kappa shape index (κ1) is 20.7. The molecule has 0 N–H and O–H groups in total. The number of esters is 3. The van der Waals surface area contributed by atoms with E-state index in [9.17, 15) is 14.4 Å². The van der Waals surface area contributed by atoms with Gasteiger partial charge in [-0.15, -0.1) is 0 Å². The lowest BCUT2D eigenvalue weighted by molar-refractivity contribution is -0.191. The Hall–Kier alpha value is -1.59. The first-order valence-corrected chi connectivity index (χ1v) is 11.2. The molecule has 4 fully saturated rings. The monoisotopic (exact) mass is 406 g/mol. The van der Waals surface area contributed by atoms with Crippen LogP contribution in [-0.2, 0) is 28.6 Å². The lowest BCUT2D eigenvalue weighted by Gasteiger charge is -2.41. The average molecular weight is 407 g/mol. The number of ether oxygens (including phenoxy) is 3.